The SMILES string of the molecule is N#CCCCCCOC(=O)c1ccccc1. The number of nitriles is 1. The third-order valence-corrected chi connectivity index (χ3v) is 2.18. The van der Waals surface area contributed by atoms with E-state index in [0.29, 0.717) is 18.6 Å². The number of esters is 1. The molecular weight excluding hydrogens is 202 g/mol. The molecule has 0 saturated heterocycles. The summed E-state index contributed by atoms with van der Waals surface area (Å²) in [6.07, 6.45) is 3.20. The topological polar surface area (TPSA) is 50.1 Å². The van der Waals surface area contributed by atoms with Crippen molar-refractivity contribution in [2.24, 2.45) is 0 Å². The Balaban J connectivity index is 2.15. The first-order valence-corrected chi connectivity index (χ1v) is 5.43. The average Bonchev–Trinajstić information content (AvgIpc) is 2.34. The predicted octanol–water partition coefficient (Wildman–Crippen LogP) is 2.93. The van der Waals surface area contributed by atoms with Crippen LogP contribution < -0.4 is 0 Å². The molecule has 0 atom stereocenters. The summed E-state index contributed by atoms with van der Waals surface area (Å²) in [6.45, 7) is 0.430. The monoisotopic (exact) mass is 217 g/mol. The second-order valence-electron chi connectivity index (χ2n) is 3.47. The number of hydrogen-bond donors (Lipinski definition) is 0. The molecular formula is C13H15NO2. The van der Waals surface area contributed by atoms with E-state index < -0.39 is 0 Å². The molecule has 0 aliphatic carbocycles. The van der Waals surface area contributed by atoms with Crippen LogP contribution >= 0.6 is 0 Å². The van der Waals surface area contributed by atoms with E-state index in [1.54, 1.807) is 12.1 Å². The maximum absolute atomic E-state index is 11.5. The van der Waals surface area contributed by atoms with Crippen LogP contribution in [0.1, 0.15) is 36.0 Å². The summed E-state index contributed by atoms with van der Waals surface area (Å²) in [5.74, 6) is -0.277. The first kappa shape index (κ1) is 12.3. The molecule has 1 rings (SSSR count). The van der Waals surface area contributed by atoms with Crippen molar-refractivity contribution in [3.8, 4) is 6.07 Å². The highest BCUT2D eigenvalue weighted by molar-refractivity contribution is 5.89. The summed E-state index contributed by atoms with van der Waals surface area (Å²) >= 11 is 0. The molecule has 0 radical (unpaired) electrons. The zero-order valence-corrected chi connectivity index (χ0v) is 9.19. The van der Waals surface area contributed by atoms with Gasteiger partial charge in [-0.1, -0.05) is 18.2 Å². The van der Waals surface area contributed by atoms with Gasteiger partial charge in [0.2, 0.25) is 0 Å². The van der Waals surface area contributed by atoms with Crippen molar-refractivity contribution in [3.05, 3.63) is 35.9 Å². The van der Waals surface area contributed by atoms with Crippen molar-refractivity contribution in [1.82, 2.24) is 0 Å². The largest absolute Gasteiger partial charge is 0.462 e. The lowest BCUT2D eigenvalue weighted by molar-refractivity contribution is 0.0498. The Morgan fingerprint density at radius 2 is 1.94 bits per heavy atom. The molecule has 0 heterocycles. The van der Waals surface area contributed by atoms with E-state index in [-0.39, 0.29) is 5.97 Å². The minimum Gasteiger partial charge on any atom is -0.462 e. The van der Waals surface area contributed by atoms with Crippen LogP contribution in [-0.2, 0) is 4.74 Å². The maximum Gasteiger partial charge on any atom is 0.338 e. The highest BCUT2D eigenvalue weighted by atomic mass is 16.5. The van der Waals surface area contributed by atoms with Gasteiger partial charge in [0.25, 0.3) is 0 Å². The first-order valence-electron chi connectivity index (χ1n) is 5.43. The molecule has 3 nitrogen and oxygen atoms in total. The van der Waals surface area contributed by atoms with Gasteiger partial charge in [0.15, 0.2) is 0 Å². The quantitative estimate of drug-likeness (QED) is 0.543. The fourth-order valence-electron chi connectivity index (χ4n) is 1.31. The van der Waals surface area contributed by atoms with Crippen LogP contribution in [0.4, 0.5) is 0 Å². The zero-order chi connectivity index (χ0) is 11.6. The van der Waals surface area contributed by atoms with Crippen LogP contribution in [0.15, 0.2) is 30.3 Å². The van der Waals surface area contributed by atoms with Gasteiger partial charge in [-0.25, -0.2) is 4.79 Å². The summed E-state index contributed by atoms with van der Waals surface area (Å²) < 4.78 is 5.09. The summed E-state index contributed by atoms with van der Waals surface area (Å²) in [7, 11) is 0. The molecule has 0 bridgehead atoms. The summed E-state index contributed by atoms with van der Waals surface area (Å²) in [5.41, 5.74) is 0.583. The lowest BCUT2D eigenvalue weighted by Gasteiger charge is -2.03. The molecule has 0 N–H and O–H groups in total. The second kappa shape index (κ2) is 7.47. The lowest BCUT2D eigenvalue weighted by Crippen LogP contribution is -2.06. The van der Waals surface area contributed by atoms with Crippen LogP contribution in [0, 0.1) is 11.3 Å². The number of hydrogen-bond acceptors (Lipinski definition) is 3. The Kier molecular flexibility index (Phi) is 5.72. The van der Waals surface area contributed by atoms with Crippen LogP contribution in [0.3, 0.4) is 0 Å². The summed E-state index contributed by atoms with van der Waals surface area (Å²) in [4.78, 5) is 11.5. The molecule has 16 heavy (non-hydrogen) atoms. The van der Waals surface area contributed by atoms with Crippen molar-refractivity contribution < 1.29 is 9.53 Å². The van der Waals surface area contributed by atoms with Gasteiger partial charge in [-0.2, -0.15) is 5.26 Å². The molecule has 0 aromatic heterocycles. The number of unbranched alkanes of at least 4 members (excludes halogenated alkanes) is 3. The van der Waals surface area contributed by atoms with Crippen LogP contribution in [-0.4, -0.2) is 12.6 Å². The molecule has 0 amide bonds. The molecule has 0 fully saturated rings. The van der Waals surface area contributed by atoms with Gasteiger partial charge in [0.05, 0.1) is 18.2 Å². The van der Waals surface area contributed by atoms with E-state index in [9.17, 15) is 4.79 Å². The van der Waals surface area contributed by atoms with Gasteiger partial charge >= 0.3 is 5.97 Å². The number of benzene rings is 1. The van der Waals surface area contributed by atoms with E-state index in [4.69, 9.17) is 10.00 Å². The normalized spacial score (nSPS) is 9.44. The fraction of sp³-hybridized carbons (Fsp3) is 0.385. The molecule has 0 saturated carbocycles. The van der Waals surface area contributed by atoms with Gasteiger partial charge in [-0.15, -0.1) is 0 Å². The Labute approximate surface area is 95.7 Å². The van der Waals surface area contributed by atoms with E-state index in [2.05, 4.69) is 6.07 Å². The first-order chi connectivity index (χ1) is 7.84. The van der Waals surface area contributed by atoms with Gasteiger partial charge in [0.1, 0.15) is 0 Å². The summed E-state index contributed by atoms with van der Waals surface area (Å²) in [5, 5.41) is 8.32. The Morgan fingerprint density at radius 3 is 2.62 bits per heavy atom. The van der Waals surface area contributed by atoms with E-state index in [0.717, 1.165) is 19.3 Å². The van der Waals surface area contributed by atoms with Gasteiger partial charge in [-0.3, -0.25) is 0 Å². The molecule has 84 valence electrons. The Bertz CT molecular complexity index is 354. The number of rotatable bonds is 6. The van der Waals surface area contributed by atoms with Gasteiger partial charge < -0.3 is 4.74 Å². The van der Waals surface area contributed by atoms with Crippen molar-refractivity contribution >= 4 is 5.97 Å². The molecule has 1 aromatic carbocycles. The van der Waals surface area contributed by atoms with Crippen LogP contribution in [0.25, 0.3) is 0 Å². The number of nitrogens with zero attached hydrogens (tertiary/aromatic N) is 1. The third-order valence-electron chi connectivity index (χ3n) is 2.18. The molecule has 1 aromatic rings. The molecule has 3 heteroatoms. The highest BCUT2D eigenvalue weighted by Gasteiger charge is 2.04. The zero-order valence-electron chi connectivity index (χ0n) is 9.19. The van der Waals surface area contributed by atoms with Crippen molar-refractivity contribution in [2.45, 2.75) is 25.7 Å². The molecule has 0 spiro atoms. The standard InChI is InChI=1S/C13H15NO2/c14-10-6-1-2-7-11-16-13(15)12-8-4-3-5-9-12/h3-5,8-9H,1-2,6-7,11H2. The Hall–Kier alpha value is -1.82. The third kappa shape index (κ3) is 4.61. The van der Waals surface area contributed by atoms with Crippen LogP contribution in [0.5, 0.6) is 0 Å². The number of carbonyl (C=O) groups excluding carboxylic acids is 1. The molecule has 0 aliphatic rings. The summed E-state index contributed by atoms with van der Waals surface area (Å²) in [6, 6.07) is 11.0. The van der Waals surface area contributed by atoms with Crippen LogP contribution in [0.2, 0.25) is 0 Å². The average molecular weight is 217 g/mol. The van der Waals surface area contributed by atoms with Crippen molar-refractivity contribution in [1.29, 1.82) is 5.26 Å². The smallest absolute Gasteiger partial charge is 0.338 e. The second-order valence-corrected chi connectivity index (χ2v) is 3.47. The minimum absolute atomic E-state index is 0.277. The van der Waals surface area contributed by atoms with Crippen molar-refractivity contribution in [2.75, 3.05) is 6.61 Å². The van der Waals surface area contributed by atoms with Gasteiger partial charge in [0, 0.05) is 6.42 Å². The molecule has 0 unspecified atom stereocenters. The number of ether oxygens (including phenoxy) is 1. The number of carbonyl (C=O) groups is 1. The Morgan fingerprint density at radius 1 is 1.19 bits per heavy atom. The van der Waals surface area contributed by atoms with E-state index >= 15 is 0 Å². The predicted molar refractivity (Wildman–Crippen MR) is 60.8 cm³/mol. The van der Waals surface area contributed by atoms with Crippen molar-refractivity contribution in [3.63, 3.8) is 0 Å². The highest BCUT2D eigenvalue weighted by Crippen LogP contribution is 2.03. The molecule has 0 aliphatic heterocycles. The van der Waals surface area contributed by atoms with E-state index in [1.165, 1.54) is 0 Å². The lowest BCUT2D eigenvalue weighted by atomic mass is 10.2. The van der Waals surface area contributed by atoms with Gasteiger partial charge in [-0.05, 0) is 31.4 Å². The van der Waals surface area contributed by atoms with E-state index in [1.807, 2.05) is 18.2 Å². The minimum atomic E-state index is -0.277. The maximum atomic E-state index is 11.5. The fourth-order valence-corrected chi connectivity index (χ4v) is 1.31.